The summed E-state index contributed by atoms with van der Waals surface area (Å²) in [5.74, 6) is 0.384. The minimum Gasteiger partial charge on any atom is -0.483 e. The van der Waals surface area contributed by atoms with Gasteiger partial charge in [-0.3, -0.25) is 10.1 Å². The first-order valence-electron chi connectivity index (χ1n) is 6.21. The average Bonchev–Trinajstić information content (AvgIpc) is 2.93. The number of rotatable bonds is 6. The van der Waals surface area contributed by atoms with Crippen LogP contribution >= 0.6 is 39.0 Å². The van der Waals surface area contributed by atoms with Crippen molar-refractivity contribution in [3.8, 4) is 5.75 Å². The third-order valence-electron chi connectivity index (χ3n) is 2.59. The van der Waals surface area contributed by atoms with Gasteiger partial charge in [0.2, 0.25) is 5.13 Å². The molecule has 1 amide bonds. The molecule has 0 saturated carbocycles. The number of anilines is 1. The van der Waals surface area contributed by atoms with Gasteiger partial charge in [-0.25, -0.2) is 0 Å². The van der Waals surface area contributed by atoms with Gasteiger partial charge >= 0.3 is 0 Å². The van der Waals surface area contributed by atoms with E-state index in [1.54, 1.807) is 0 Å². The quantitative estimate of drug-likeness (QED) is 0.605. The molecule has 1 heterocycles. The Kier molecular flexibility index (Phi) is 6.01. The maximum absolute atomic E-state index is 11.8. The van der Waals surface area contributed by atoms with E-state index in [4.69, 9.17) is 4.74 Å². The van der Waals surface area contributed by atoms with E-state index in [-0.39, 0.29) is 12.5 Å². The van der Waals surface area contributed by atoms with Crippen molar-refractivity contribution in [2.24, 2.45) is 0 Å². The highest BCUT2D eigenvalue weighted by molar-refractivity contribution is 9.10. The fraction of sp³-hybridized carbons (Fsp3) is 0.308. The van der Waals surface area contributed by atoms with Crippen molar-refractivity contribution in [3.63, 3.8) is 0 Å². The summed E-state index contributed by atoms with van der Waals surface area (Å²) in [6, 6.07) is 5.82. The van der Waals surface area contributed by atoms with Crippen LogP contribution in [0.3, 0.4) is 0 Å². The number of carbonyl (C=O) groups excluding carboxylic acids is 1. The molecule has 0 aliphatic heterocycles. The maximum Gasteiger partial charge on any atom is 0.264 e. The van der Waals surface area contributed by atoms with Gasteiger partial charge < -0.3 is 4.74 Å². The Morgan fingerprint density at radius 2 is 2.29 bits per heavy atom. The molecule has 2 aromatic rings. The Hall–Kier alpha value is -1.12. The predicted molar refractivity (Wildman–Crippen MR) is 89.3 cm³/mol. The molecule has 21 heavy (non-hydrogen) atoms. The van der Waals surface area contributed by atoms with Gasteiger partial charge in [0.1, 0.15) is 5.75 Å². The van der Waals surface area contributed by atoms with Crippen molar-refractivity contribution in [2.75, 3.05) is 18.2 Å². The fourth-order valence-electron chi connectivity index (χ4n) is 1.52. The largest absolute Gasteiger partial charge is 0.483 e. The molecule has 8 heteroatoms. The van der Waals surface area contributed by atoms with Crippen LogP contribution in [0.25, 0.3) is 0 Å². The highest BCUT2D eigenvalue weighted by atomic mass is 79.9. The van der Waals surface area contributed by atoms with Crippen LogP contribution < -0.4 is 10.1 Å². The lowest BCUT2D eigenvalue weighted by Gasteiger charge is -2.08. The number of carbonyl (C=O) groups is 1. The number of hydrogen-bond donors (Lipinski definition) is 1. The molecule has 0 spiro atoms. The molecule has 1 aromatic heterocycles. The van der Waals surface area contributed by atoms with Crippen LogP contribution in [0.15, 0.2) is 27.0 Å². The van der Waals surface area contributed by atoms with E-state index >= 15 is 0 Å². The van der Waals surface area contributed by atoms with Crippen molar-refractivity contribution >= 4 is 50.1 Å². The normalized spacial score (nSPS) is 10.4. The maximum atomic E-state index is 11.8. The van der Waals surface area contributed by atoms with E-state index in [2.05, 4.69) is 38.4 Å². The van der Waals surface area contributed by atoms with Crippen LogP contribution in [-0.4, -0.2) is 29.0 Å². The summed E-state index contributed by atoms with van der Waals surface area (Å²) in [6.45, 7) is 2.01. The number of amides is 1. The van der Waals surface area contributed by atoms with Gasteiger partial charge in [-0.05, 0) is 46.3 Å². The molecule has 0 aliphatic rings. The molecule has 1 N–H and O–H groups in total. The number of hydrogen-bond acceptors (Lipinski definition) is 6. The summed E-state index contributed by atoms with van der Waals surface area (Å²) in [4.78, 5) is 11.8. The molecule has 0 saturated heterocycles. The lowest BCUT2D eigenvalue weighted by atomic mass is 10.2. The Morgan fingerprint density at radius 3 is 2.90 bits per heavy atom. The van der Waals surface area contributed by atoms with Crippen LogP contribution in [0, 0.1) is 0 Å². The van der Waals surface area contributed by atoms with Crippen molar-refractivity contribution < 1.29 is 9.53 Å². The van der Waals surface area contributed by atoms with E-state index in [0.717, 1.165) is 15.2 Å². The first kappa shape index (κ1) is 16.3. The molecular formula is C13H14BrN3O2S2. The van der Waals surface area contributed by atoms with Crippen molar-refractivity contribution in [2.45, 2.75) is 17.7 Å². The molecular weight excluding hydrogens is 374 g/mol. The van der Waals surface area contributed by atoms with Gasteiger partial charge in [0, 0.05) is 0 Å². The topological polar surface area (TPSA) is 64.1 Å². The summed E-state index contributed by atoms with van der Waals surface area (Å²) in [5.41, 5.74) is 1.21. The summed E-state index contributed by atoms with van der Waals surface area (Å²) in [5, 5.41) is 10.9. The molecule has 0 radical (unpaired) electrons. The molecule has 0 aliphatic carbocycles. The second-order valence-corrected chi connectivity index (χ2v) is 6.92. The summed E-state index contributed by atoms with van der Waals surface area (Å²) in [6.07, 6.45) is 2.86. The second kappa shape index (κ2) is 7.77. The van der Waals surface area contributed by atoms with E-state index in [1.807, 2.05) is 24.5 Å². The number of aromatic nitrogens is 2. The van der Waals surface area contributed by atoms with Gasteiger partial charge in [0.15, 0.2) is 10.9 Å². The Morgan fingerprint density at radius 1 is 1.48 bits per heavy atom. The highest BCUT2D eigenvalue weighted by Gasteiger charge is 2.09. The Bertz CT molecular complexity index is 634. The number of halogens is 1. The standard InChI is InChI=1S/C13H14BrN3O2S2/c1-3-8-4-5-10(9(14)6-8)19-7-11(18)15-12-16-17-13(20-2)21-12/h4-6H,3,7H2,1-2H3,(H,15,16,18). The number of nitrogens with zero attached hydrogens (tertiary/aromatic N) is 2. The molecule has 2 rings (SSSR count). The molecule has 0 unspecified atom stereocenters. The zero-order valence-corrected chi connectivity index (χ0v) is 14.8. The van der Waals surface area contributed by atoms with E-state index in [1.165, 1.54) is 28.7 Å². The lowest BCUT2D eigenvalue weighted by Crippen LogP contribution is -2.20. The van der Waals surface area contributed by atoms with Crippen LogP contribution in [-0.2, 0) is 11.2 Å². The number of benzene rings is 1. The lowest BCUT2D eigenvalue weighted by molar-refractivity contribution is -0.118. The third-order valence-corrected chi connectivity index (χ3v) is 5.02. The van der Waals surface area contributed by atoms with Crippen LogP contribution in [0.1, 0.15) is 12.5 Å². The zero-order valence-electron chi connectivity index (χ0n) is 11.6. The molecule has 0 fully saturated rings. The number of nitrogens with one attached hydrogen (secondary N) is 1. The van der Waals surface area contributed by atoms with Crippen LogP contribution in [0.4, 0.5) is 5.13 Å². The van der Waals surface area contributed by atoms with Gasteiger partial charge in [0.25, 0.3) is 5.91 Å². The van der Waals surface area contributed by atoms with E-state index in [0.29, 0.717) is 10.9 Å². The molecule has 0 bridgehead atoms. The highest BCUT2D eigenvalue weighted by Crippen LogP contribution is 2.26. The number of ether oxygens (including phenoxy) is 1. The summed E-state index contributed by atoms with van der Waals surface area (Å²) >= 11 is 6.26. The van der Waals surface area contributed by atoms with Gasteiger partial charge in [-0.2, -0.15) is 0 Å². The average molecular weight is 388 g/mol. The van der Waals surface area contributed by atoms with Crippen molar-refractivity contribution in [1.29, 1.82) is 0 Å². The van der Waals surface area contributed by atoms with E-state index < -0.39 is 0 Å². The summed E-state index contributed by atoms with van der Waals surface area (Å²) < 4.78 is 7.15. The minimum absolute atomic E-state index is 0.0712. The number of thioether (sulfide) groups is 1. The molecule has 0 atom stereocenters. The zero-order chi connectivity index (χ0) is 15.2. The number of aryl methyl sites for hydroxylation is 1. The predicted octanol–water partition coefficient (Wildman–Crippen LogP) is 3.60. The monoisotopic (exact) mass is 387 g/mol. The van der Waals surface area contributed by atoms with Gasteiger partial charge in [0.05, 0.1) is 4.47 Å². The Labute approximate surface area is 139 Å². The fourth-order valence-corrected chi connectivity index (χ4v) is 3.25. The van der Waals surface area contributed by atoms with Gasteiger partial charge in [-0.1, -0.05) is 36.1 Å². The van der Waals surface area contributed by atoms with Crippen LogP contribution in [0.5, 0.6) is 5.75 Å². The minimum atomic E-state index is -0.259. The summed E-state index contributed by atoms with van der Waals surface area (Å²) in [7, 11) is 0. The third kappa shape index (κ3) is 4.69. The molecule has 5 nitrogen and oxygen atoms in total. The first-order valence-corrected chi connectivity index (χ1v) is 9.04. The van der Waals surface area contributed by atoms with Crippen molar-refractivity contribution in [3.05, 3.63) is 28.2 Å². The van der Waals surface area contributed by atoms with Crippen molar-refractivity contribution in [1.82, 2.24) is 10.2 Å². The molecule has 112 valence electrons. The SMILES string of the molecule is CCc1ccc(OCC(=O)Nc2nnc(SC)s2)c(Br)c1. The molecule has 1 aromatic carbocycles. The van der Waals surface area contributed by atoms with Crippen LogP contribution in [0.2, 0.25) is 0 Å². The smallest absolute Gasteiger partial charge is 0.264 e. The van der Waals surface area contributed by atoms with Gasteiger partial charge in [-0.15, -0.1) is 10.2 Å². The van der Waals surface area contributed by atoms with E-state index in [9.17, 15) is 4.79 Å². The second-order valence-electron chi connectivity index (χ2n) is 4.03. The first-order chi connectivity index (χ1) is 10.1. The Balaban J connectivity index is 1.89.